The van der Waals surface area contributed by atoms with Crippen molar-refractivity contribution in [2.75, 3.05) is 12.3 Å². The molecule has 0 aromatic heterocycles. The highest BCUT2D eigenvalue weighted by Gasteiger charge is 2.30. The quantitative estimate of drug-likeness (QED) is 0.0925. The van der Waals surface area contributed by atoms with Gasteiger partial charge in [-0.15, -0.1) is 0 Å². The highest BCUT2D eigenvalue weighted by atomic mass is 32.2. The standard InChI is InChI=1S/C29H39N7O2S/c1-6-39-29(38)24-11-23(21-7-8-21)15-35(20(24)5)13-17(2)14-36(33)16-26(30)28(37)34-12-25-18(3)9-22(27(31)32)10-19(25)4/h9-11,13,15-16,21H,5-8,12,14,30,33H2,1-4H3,(H3,31,32)(H,34,37)/b17-13+,26-16-. The smallest absolute Gasteiger partial charge is 0.268 e. The van der Waals surface area contributed by atoms with Crippen LogP contribution in [0.1, 0.15) is 48.9 Å². The summed E-state index contributed by atoms with van der Waals surface area (Å²) in [4.78, 5) is 27.2. The van der Waals surface area contributed by atoms with E-state index in [-0.39, 0.29) is 23.2 Å². The minimum Gasteiger partial charge on any atom is -0.393 e. The Morgan fingerprint density at radius 1 is 1.26 bits per heavy atom. The molecule has 3 rings (SSSR count). The Balaban J connectivity index is 1.63. The Morgan fingerprint density at radius 2 is 1.90 bits per heavy atom. The molecule has 8 N–H and O–H groups in total. The second kappa shape index (κ2) is 12.9. The monoisotopic (exact) mass is 549 g/mol. The first-order valence-electron chi connectivity index (χ1n) is 12.9. The third-order valence-electron chi connectivity index (χ3n) is 6.56. The summed E-state index contributed by atoms with van der Waals surface area (Å²) in [6.07, 6.45) is 9.56. The maximum Gasteiger partial charge on any atom is 0.268 e. The van der Waals surface area contributed by atoms with Gasteiger partial charge in [0.15, 0.2) is 0 Å². The summed E-state index contributed by atoms with van der Waals surface area (Å²) < 4.78 is 0. The molecule has 9 nitrogen and oxygen atoms in total. The number of hydrazine groups is 1. The Kier molecular flexibility index (Phi) is 9.82. The van der Waals surface area contributed by atoms with Gasteiger partial charge in [-0.05, 0) is 91.3 Å². The summed E-state index contributed by atoms with van der Waals surface area (Å²) in [5.74, 6) is 6.90. The van der Waals surface area contributed by atoms with Crippen molar-refractivity contribution in [2.45, 2.75) is 47.1 Å². The zero-order chi connectivity index (χ0) is 28.9. The molecule has 0 atom stereocenters. The van der Waals surface area contributed by atoms with Crippen LogP contribution >= 0.6 is 11.8 Å². The average Bonchev–Trinajstić information content (AvgIpc) is 3.70. The zero-order valence-electron chi connectivity index (χ0n) is 23.1. The van der Waals surface area contributed by atoms with Gasteiger partial charge in [0.05, 0.1) is 12.1 Å². The highest BCUT2D eigenvalue weighted by Crippen LogP contribution is 2.41. The number of amides is 1. The van der Waals surface area contributed by atoms with Gasteiger partial charge < -0.3 is 26.7 Å². The fourth-order valence-electron chi connectivity index (χ4n) is 4.35. The second-order valence-electron chi connectivity index (χ2n) is 9.95. The number of thioether (sulfide) groups is 1. The van der Waals surface area contributed by atoms with E-state index in [2.05, 4.69) is 11.9 Å². The summed E-state index contributed by atoms with van der Waals surface area (Å²) >= 11 is 1.28. The Bertz CT molecular complexity index is 1280. The number of amidine groups is 1. The van der Waals surface area contributed by atoms with Crippen LogP contribution in [0.15, 0.2) is 71.5 Å². The lowest BCUT2D eigenvalue weighted by Crippen LogP contribution is -2.34. The number of nitrogens with one attached hydrogen (secondary N) is 2. The summed E-state index contributed by atoms with van der Waals surface area (Å²) in [7, 11) is 0. The lowest BCUT2D eigenvalue weighted by molar-refractivity contribution is -0.117. The van der Waals surface area contributed by atoms with E-state index in [1.165, 1.54) is 23.0 Å². The topological polar surface area (TPSA) is 155 Å². The van der Waals surface area contributed by atoms with Crippen LogP contribution in [-0.2, 0) is 16.1 Å². The van der Waals surface area contributed by atoms with Crippen LogP contribution in [-0.4, -0.2) is 39.1 Å². The summed E-state index contributed by atoms with van der Waals surface area (Å²) in [5, 5.41) is 11.8. The normalized spacial score (nSPS) is 16.0. The van der Waals surface area contributed by atoms with Crippen LogP contribution in [0.2, 0.25) is 0 Å². The van der Waals surface area contributed by atoms with Crippen molar-refractivity contribution in [2.24, 2.45) is 23.2 Å². The molecule has 10 heteroatoms. The fraction of sp³-hybridized carbons (Fsp3) is 0.345. The molecular weight excluding hydrogens is 510 g/mol. The number of allylic oxidation sites excluding steroid dienone is 3. The van der Waals surface area contributed by atoms with E-state index < -0.39 is 5.91 Å². The largest absolute Gasteiger partial charge is 0.393 e. The van der Waals surface area contributed by atoms with Gasteiger partial charge in [0.1, 0.15) is 11.5 Å². The maximum atomic E-state index is 12.7. The van der Waals surface area contributed by atoms with E-state index >= 15 is 0 Å². The number of rotatable bonds is 11. The van der Waals surface area contributed by atoms with E-state index in [0.29, 0.717) is 35.0 Å². The Hall–Kier alpha value is -3.76. The first-order chi connectivity index (χ1) is 18.4. The van der Waals surface area contributed by atoms with E-state index in [1.807, 2.05) is 63.2 Å². The van der Waals surface area contributed by atoms with Gasteiger partial charge in [0, 0.05) is 36.4 Å². The van der Waals surface area contributed by atoms with Crippen molar-refractivity contribution in [3.05, 3.63) is 93.8 Å². The van der Waals surface area contributed by atoms with Gasteiger partial charge in [-0.2, -0.15) is 0 Å². The fourth-order valence-corrected chi connectivity index (χ4v) is 4.95. The van der Waals surface area contributed by atoms with Crippen molar-refractivity contribution in [1.82, 2.24) is 15.2 Å². The molecule has 1 fully saturated rings. The first-order valence-corrected chi connectivity index (χ1v) is 13.9. The Morgan fingerprint density at radius 3 is 2.46 bits per heavy atom. The molecular formula is C29H39N7O2S. The molecule has 1 aliphatic heterocycles. The predicted molar refractivity (Wildman–Crippen MR) is 159 cm³/mol. The van der Waals surface area contributed by atoms with Crippen molar-refractivity contribution >= 4 is 28.6 Å². The average molecular weight is 550 g/mol. The molecule has 0 radical (unpaired) electrons. The van der Waals surface area contributed by atoms with E-state index in [4.69, 9.17) is 22.7 Å². The molecule has 1 aliphatic carbocycles. The van der Waals surface area contributed by atoms with Gasteiger partial charge in [-0.25, -0.2) is 5.84 Å². The van der Waals surface area contributed by atoms with Gasteiger partial charge in [0.25, 0.3) is 5.91 Å². The van der Waals surface area contributed by atoms with E-state index in [0.717, 1.165) is 40.7 Å². The molecule has 39 heavy (non-hydrogen) atoms. The highest BCUT2D eigenvalue weighted by molar-refractivity contribution is 8.14. The molecule has 1 aromatic carbocycles. The lowest BCUT2D eigenvalue weighted by Gasteiger charge is -2.27. The number of carbonyl (C=O) groups is 2. The molecule has 1 heterocycles. The van der Waals surface area contributed by atoms with Gasteiger partial charge in [-0.3, -0.25) is 15.0 Å². The molecule has 2 aliphatic rings. The van der Waals surface area contributed by atoms with Gasteiger partial charge in [-0.1, -0.05) is 25.3 Å². The van der Waals surface area contributed by atoms with Gasteiger partial charge >= 0.3 is 0 Å². The Labute approximate surface area is 235 Å². The van der Waals surface area contributed by atoms with Gasteiger partial charge in [0.2, 0.25) is 5.12 Å². The molecule has 0 saturated heterocycles. The molecule has 1 amide bonds. The van der Waals surface area contributed by atoms with Crippen LogP contribution in [0.5, 0.6) is 0 Å². The molecule has 0 unspecified atom stereocenters. The number of benzene rings is 1. The minimum absolute atomic E-state index is 0.00112. The first kappa shape index (κ1) is 29.8. The number of nitrogens with two attached hydrogens (primary N) is 3. The number of aryl methyl sites for hydroxylation is 2. The zero-order valence-corrected chi connectivity index (χ0v) is 24.0. The molecule has 0 spiro atoms. The van der Waals surface area contributed by atoms with Crippen molar-refractivity contribution in [3.8, 4) is 0 Å². The van der Waals surface area contributed by atoms with Crippen molar-refractivity contribution in [3.63, 3.8) is 0 Å². The van der Waals surface area contributed by atoms with Crippen molar-refractivity contribution < 1.29 is 9.59 Å². The summed E-state index contributed by atoms with van der Waals surface area (Å²) in [5.41, 5.74) is 18.3. The molecule has 0 bridgehead atoms. The number of nitrogen functional groups attached to an aromatic ring is 1. The van der Waals surface area contributed by atoms with E-state index in [9.17, 15) is 9.59 Å². The number of carbonyl (C=O) groups excluding carboxylic acids is 2. The summed E-state index contributed by atoms with van der Waals surface area (Å²) in [6, 6.07) is 3.65. The van der Waals surface area contributed by atoms with Crippen LogP contribution in [0.25, 0.3) is 0 Å². The minimum atomic E-state index is -0.440. The number of hydrogen-bond acceptors (Lipinski definition) is 8. The molecule has 208 valence electrons. The molecule has 1 aromatic rings. The third kappa shape index (κ3) is 7.87. The van der Waals surface area contributed by atoms with Crippen LogP contribution in [0.4, 0.5) is 0 Å². The second-order valence-corrected chi connectivity index (χ2v) is 11.2. The van der Waals surface area contributed by atoms with Crippen LogP contribution < -0.4 is 22.6 Å². The lowest BCUT2D eigenvalue weighted by atomic mass is 9.99. The van der Waals surface area contributed by atoms with Crippen LogP contribution in [0.3, 0.4) is 0 Å². The summed E-state index contributed by atoms with van der Waals surface area (Å²) in [6.45, 7) is 12.4. The van der Waals surface area contributed by atoms with Crippen LogP contribution in [0, 0.1) is 25.2 Å². The van der Waals surface area contributed by atoms with E-state index in [1.54, 1.807) is 0 Å². The maximum absolute atomic E-state index is 12.7. The number of hydrogen-bond donors (Lipinski definition) is 5. The molecule has 1 saturated carbocycles. The third-order valence-corrected chi connectivity index (χ3v) is 7.33. The SMILES string of the molecule is C=C1C(C(=O)SCC)=CC(C2CC2)=CN1/C=C(\C)CN(N)/C=C(\N)C(=O)NCc1c(C)cc(C(=N)N)cc1C. The van der Waals surface area contributed by atoms with Crippen molar-refractivity contribution in [1.29, 1.82) is 5.41 Å². The predicted octanol–water partition coefficient (Wildman–Crippen LogP) is 3.41. The number of nitrogens with zero attached hydrogens (tertiary/aromatic N) is 2.